The first kappa shape index (κ1) is 13.9. The van der Waals surface area contributed by atoms with Gasteiger partial charge in [-0.15, -0.1) is 0 Å². The zero-order chi connectivity index (χ0) is 13.5. The Bertz CT molecular complexity index is 459. The third-order valence-electron chi connectivity index (χ3n) is 1.17. The van der Waals surface area contributed by atoms with Gasteiger partial charge in [0.1, 0.15) is 0 Å². The number of hydrogen-bond acceptors (Lipinski definition) is 5. The van der Waals surface area contributed by atoms with Crippen LogP contribution in [-0.4, -0.2) is 0 Å². The van der Waals surface area contributed by atoms with Crippen LogP contribution in [0.15, 0.2) is 24.4 Å². The molecule has 0 amide bonds. The van der Waals surface area contributed by atoms with Gasteiger partial charge >= 0.3 is 87.8 Å². The zero-order valence-electron chi connectivity index (χ0n) is 7.53. The van der Waals surface area contributed by atoms with Gasteiger partial charge in [0.2, 0.25) is 0 Å². The molecule has 0 radical (unpaired) electrons. The molecule has 0 fully saturated rings. The second-order valence-electron chi connectivity index (χ2n) is 2.17. The Balaban J connectivity index is 7.26. The molecule has 0 unspecified atom stereocenters. The van der Waals surface area contributed by atoms with Crippen molar-refractivity contribution in [2.75, 3.05) is 0 Å². The second kappa shape index (κ2) is 3.81. The van der Waals surface area contributed by atoms with Crippen molar-refractivity contribution in [1.82, 2.24) is 0 Å². The van der Waals surface area contributed by atoms with E-state index in [-0.39, 0.29) is 0 Å². The molecule has 0 aliphatic heterocycles. The summed E-state index contributed by atoms with van der Waals surface area (Å²) in [5.41, 5.74) is 40.8. The SMILES string of the molecule is [N-]=[N+]=N[P-](F)(N=[N+]=[N-])(N=[N+]=[N-])(N=[N+]=[N-])N=[N+]=[N-]. The Kier molecular flexibility index (Phi) is 3.12. The summed E-state index contributed by atoms with van der Waals surface area (Å²) in [6.07, 6.45) is 0. The van der Waals surface area contributed by atoms with Crippen LogP contribution in [0.25, 0.3) is 52.2 Å². The summed E-state index contributed by atoms with van der Waals surface area (Å²) >= 11 is 0. The first-order chi connectivity index (χ1) is 7.89. The van der Waals surface area contributed by atoms with E-state index in [9.17, 15) is 4.20 Å². The van der Waals surface area contributed by atoms with E-state index in [1.54, 1.807) is 0 Å². The normalized spacial score (nSPS) is 12.8. The van der Waals surface area contributed by atoms with E-state index < -0.39 is 7.01 Å². The minimum atomic E-state index is -7.48. The van der Waals surface area contributed by atoms with Crippen molar-refractivity contribution in [2.24, 2.45) is 24.4 Å². The Morgan fingerprint density at radius 2 is 0.765 bits per heavy atom. The van der Waals surface area contributed by atoms with Gasteiger partial charge in [0, 0.05) is 0 Å². The molecule has 0 atom stereocenters. The van der Waals surface area contributed by atoms with Crippen LogP contribution >= 0.6 is 7.01 Å². The Morgan fingerprint density at radius 1 is 0.588 bits per heavy atom. The number of azide groups is 1. The van der Waals surface area contributed by atoms with E-state index in [4.69, 9.17) is 27.7 Å². The molecule has 0 N–H and O–H groups in total. The Labute approximate surface area is 88.9 Å². The third-order valence-corrected chi connectivity index (χ3v) is 3.51. The molecule has 0 aromatic heterocycles. The Morgan fingerprint density at radius 3 is 0.882 bits per heavy atom. The molecule has 0 saturated carbocycles. The van der Waals surface area contributed by atoms with Gasteiger partial charge in [0.15, 0.2) is 0 Å². The van der Waals surface area contributed by atoms with E-state index in [0.717, 1.165) is 0 Å². The first-order valence-corrected chi connectivity index (χ1v) is 5.51. The van der Waals surface area contributed by atoms with Gasteiger partial charge in [-0.05, 0) is 0 Å². The summed E-state index contributed by atoms with van der Waals surface area (Å²) in [6, 6.07) is 0. The summed E-state index contributed by atoms with van der Waals surface area (Å²) in [7, 11) is -7.48. The number of rotatable bonds is 5. The van der Waals surface area contributed by atoms with Crippen LogP contribution in [0, 0.1) is 0 Å². The van der Waals surface area contributed by atoms with E-state index in [1.807, 2.05) is 24.6 Å². The molecule has 0 rings (SSSR count). The molecule has 0 heterocycles. The number of nitrogens with zero attached hydrogens (tertiary/aromatic N) is 15. The van der Waals surface area contributed by atoms with Gasteiger partial charge in [0.05, 0.1) is 0 Å². The molecule has 0 aliphatic carbocycles. The van der Waals surface area contributed by atoms with Crippen LogP contribution in [0.3, 0.4) is 0 Å². The average Bonchev–Trinajstić information content (AvgIpc) is 2.19. The van der Waals surface area contributed by atoms with Crippen LogP contribution in [0.4, 0.5) is 4.20 Å². The zero-order valence-corrected chi connectivity index (χ0v) is 8.43. The van der Waals surface area contributed by atoms with Gasteiger partial charge in [-0.25, -0.2) is 0 Å². The predicted octanol–water partition coefficient (Wildman–Crippen LogP) is 5.09. The fourth-order valence-corrected chi connectivity index (χ4v) is 1.84. The van der Waals surface area contributed by atoms with E-state index in [2.05, 4.69) is 24.4 Å². The summed E-state index contributed by atoms with van der Waals surface area (Å²) < 4.78 is 14.6. The fourth-order valence-electron chi connectivity index (χ4n) is 0.612. The monoisotopic (exact) mass is 260 g/mol. The molecule has 17 heteroatoms. The summed E-state index contributed by atoms with van der Waals surface area (Å²) in [5.74, 6) is 0. The van der Waals surface area contributed by atoms with Crippen LogP contribution in [0.1, 0.15) is 0 Å². The molecule has 0 saturated heterocycles. The average molecular weight is 260 g/mol. The van der Waals surface area contributed by atoms with Crippen molar-refractivity contribution >= 4 is 7.01 Å². The van der Waals surface area contributed by atoms with Crippen molar-refractivity contribution in [2.45, 2.75) is 0 Å². The van der Waals surface area contributed by atoms with Crippen LogP contribution in [0.2, 0.25) is 0 Å². The van der Waals surface area contributed by atoms with Crippen molar-refractivity contribution in [3.8, 4) is 0 Å². The van der Waals surface area contributed by atoms with Crippen molar-refractivity contribution in [3.05, 3.63) is 52.2 Å². The molecule has 15 nitrogen and oxygen atoms in total. The Hall–Kier alpha value is -3.09. The molecule has 17 heavy (non-hydrogen) atoms. The topological polar surface area (TPSA) is 244 Å². The van der Waals surface area contributed by atoms with Crippen molar-refractivity contribution in [1.29, 1.82) is 0 Å². The third kappa shape index (κ3) is 2.12. The molecule has 0 aliphatic rings. The number of halogens is 1. The van der Waals surface area contributed by atoms with Crippen molar-refractivity contribution in [3.63, 3.8) is 0 Å². The number of hydrogen-bond donors (Lipinski definition) is 0. The summed E-state index contributed by atoms with van der Waals surface area (Å²) in [6.45, 7) is 0. The van der Waals surface area contributed by atoms with Gasteiger partial charge < -0.3 is 0 Å². The fraction of sp³-hybridized carbons (Fsp3) is 0. The maximum atomic E-state index is 14.6. The second-order valence-corrected chi connectivity index (χ2v) is 5.61. The molecule has 0 aromatic rings. The van der Waals surface area contributed by atoms with Gasteiger partial charge in [-0.1, -0.05) is 0 Å². The van der Waals surface area contributed by atoms with Gasteiger partial charge in [-0.2, -0.15) is 0 Å². The van der Waals surface area contributed by atoms with Crippen LogP contribution in [0.5, 0.6) is 0 Å². The van der Waals surface area contributed by atoms with Crippen LogP contribution in [-0.2, 0) is 0 Å². The van der Waals surface area contributed by atoms with Crippen LogP contribution < -0.4 is 0 Å². The summed E-state index contributed by atoms with van der Waals surface area (Å²) in [4.78, 5) is 20.6. The van der Waals surface area contributed by atoms with Crippen molar-refractivity contribution < 1.29 is 4.20 Å². The molecule has 0 bridgehead atoms. The van der Waals surface area contributed by atoms with Gasteiger partial charge in [0.25, 0.3) is 0 Å². The molecule has 88 valence electrons. The van der Waals surface area contributed by atoms with E-state index >= 15 is 0 Å². The van der Waals surface area contributed by atoms with Gasteiger partial charge in [-0.3, -0.25) is 0 Å². The molecular weight excluding hydrogens is 260 g/mol. The quantitative estimate of drug-likeness (QED) is 0.271. The summed E-state index contributed by atoms with van der Waals surface area (Å²) in [5, 5.41) is 0. The van der Waals surface area contributed by atoms with E-state index in [1.165, 1.54) is 0 Å². The first-order valence-electron chi connectivity index (χ1n) is 3.17. The molecule has 0 aromatic carbocycles. The minimum absolute atomic E-state index is 1.88. The molecule has 0 spiro atoms. The molecular formula is FN15P-. The van der Waals surface area contributed by atoms with E-state index in [0.29, 0.717) is 0 Å². The maximum absolute atomic E-state index is 14.6. The predicted molar refractivity (Wildman–Crippen MR) is 53.8 cm³/mol. The standard InChI is InChI=1S/FN15P/c1-17(12-7-2,13-8-3,14-9-4,15-10-5)16-11-6/q-1.